The zero-order valence-corrected chi connectivity index (χ0v) is 8.83. The fourth-order valence-corrected chi connectivity index (χ4v) is 1.85. The standard InChI is InChI=1S/C13H9FN2O/c14-8-5-6-9-12(7-8)15-10-3-1-2-4-11(10)16-13(9)17/h1-7,15H,(H,16,17). The lowest BCUT2D eigenvalue weighted by atomic mass is 10.1. The molecule has 4 heteroatoms. The van der Waals surface area contributed by atoms with Gasteiger partial charge in [-0.05, 0) is 30.3 Å². The van der Waals surface area contributed by atoms with Crippen LogP contribution in [0.1, 0.15) is 10.4 Å². The summed E-state index contributed by atoms with van der Waals surface area (Å²) in [4.78, 5) is 11.9. The zero-order chi connectivity index (χ0) is 11.8. The number of carbonyl (C=O) groups is 1. The molecule has 17 heavy (non-hydrogen) atoms. The van der Waals surface area contributed by atoms with Gasteiger partial charge in [0.05, 0.1) is 22.6 Å². The largest absolute Gasteiger partial charge is 0.353 e. The Labute approximate surface area is 97.3 Å². The first-order valence-corrected chi connectivity index (χ1v) is 5.21. The summed E-state index contributed by atoms with van der Waals surface area (Å²) in [6.45, 7) is 0. The van der Waals surface area contributed by atoms with Crippen molar-refractivity contribution in [2.24, 2.45) is 0 Å². The predicted octanol–water partition coefficient (Wildman–Crippen LogP) is 3.14. The number of hydrogen-bond acceptors (Lipinski definition) is 2. The first-order valence-electron chi connectivity index (χ1n) is 5.21. The van der Waals surface area contributed by atoms with Crippen LogP contribution in [0.3, 0.4) is 0 Å². The van der Waals surface area contributed by atoms with Gasteiger partial charge < -0.3 is 10.6 Å². The average molecular weight is 228 g/mol. The lowest BCUT2D eigenvalue weighted by Gasteiger charge is -2.07. The number of nitrogens with one attached hydrogen (secondary N) is 2. The van der Waals surface area contributed by atoms with Gasteiger partial charge in [0.1, 0.15) is 5.82 Å². The summed E-state index contributed by atoms with van der Waals surface area (Å²) in [6, 6.07) is 11.4. The monoisotopic (exact) mass is 228 g/mol. The van der Waals surface area contributed by atoms with Crippen LogP contribution in [0, 0.1) is 5.82 Å². The van der Waals surface area contributed by atoms with Gasteiger partial charge in [-0.3, -0.25) is 4.79 Å². The van der Waals surface area contributed by atoms with Crippen LogP contribution in [0.2, 0.25) is 0 Å². The molecule has 0 atom stereocenters. The van der Waals surface area contributed by atoms with E-state index < -0.39 is 0 Å². The van der Waals surface area contributed by atoms with Gasteiger partial charge in [-0.1, -0.05) is 12.1 Å². The molecule has 2 N–H and O–H groups in total. The van der Waals surface area contributed by atoms with E-state index >= 15 is 0 Å². The summed E-state index contributed by atoms with van der Waals surface area (Å²) >= 11 is 0. The fraction of sp³-hybridized carbons (Fsp3) is 0. The molecule has 0 radical (unpaired) electrons. The summed E-state index contributed by atoms with van der Waals surface area (Å²) in [5.41, 5.74) is 2.36. The molecule has 2 aromatic rings. The quantitative estimate of drug-likeness (QED) is 0.727. The van der Waals surface area contributed by atoms with E-state index in [0.717, 1.165) is 5.69 Å². The number of rotatable bonds is 0. The highest BCUT2D eigenvalue weighted by Crippen LogP contribution is 2.31. The van der Waals surface area contributed by atoms with E-state index in [2.05, 4.69) is 10.6 Å². The normalized spacial score (nSPS) is 12.9. The molecular formula is C13H9FN2O. The Morgan fingerprint density at radius 1 is 0.882 bits per heavy atom. The Hall–Kier alpha value is -2.36. The van der Waals surface area contributed by atoms with E-state index in [1.165, 1.54) is 18.2 Å². The number of hydrogen-bond donors (Lipinski definition) is 2. The van der Waals surface area contributed by atoms with Crippen molar-refractivity contribution >= 4 is 23.0 Å². The van der Waals surface area contributed by atoms with E-state index in [0.29, 0.717) is 16.9 Å². The maximum Gasteiger partial charge on any atom is 0.257 e. The molecule has 3 nitrogen and oxygen atoms in total. The van der Waals surface area contributed by atoms with Gasteiger partial charge in [0.25, 0.3) is 5.91 Å². The molecule has 0 saturated heterocycles. The van der Waals surface area contributed by atoms with E-state index in [1.54, 1.807) is 6.07 Å². The predicted molar refractivity (Wildman–Crippen MR) is 64.1 cm³/mol. The molecular weight excluding hydrogens is 219 g/mol. The Balaban J connectivity index is 2.18. The molecule has 0 fully saturated rings. The lowest BCUT2D eigenvalue weighted by molar-refractivity contribution is 0.102. The molecule has 1 heterocycles. The first kappa shape index (κ1) is 9.84. The van der Waals surface area contributed by atoms with Crippen LogP contribution in [0.25, 0.3) is 0 Å². The number of benzene rings is 2. The van der Waals surface area contributed by atoms with E-state index in [4.69, 9.17) is 0 Å². The highest BCUT2D eigenvalue weighted by atomic mass is 19.1. The van der Waals surface area contributed by atoms with Crippen molar-refractivity contribution < 1.29 is 9.18 Å². The van der Waals surface area contributed by atoms with Crippen LogP contribution in [-0.2, 0) is 0 Å². The Bertz CT molecular complexity index is 610. The second-order valence-corrected chi connectivity index (χ2v) is 3.81. The molecule has 0 saturated carbocycles. The molecule has 1 aliphatic heterocycles. The summed E-state index contributed by atoms with van der Waals surface area (Å²) in [5, 5.41) is 5.83. The Kier molecular flexibility index (Phi) is 2.08. The summed E-state index contributed by atoms with van der Waals surface area (Å²) in [5.74, 6) is -0.610. The summed E-state index contributed by atoms with van der Waals surface area (Å²) < 4.78 is 13.2. The zero-order valence-electron chi connectivity index (χ0n) is 8.83. The average Bonchev–Trinajstić information content (AvgIpc) is 2.44. The number of para-hydroxylation sites is 2. The second-order valence-electron chi connectivity index (χ2n) is 3.81. The smallest absolute Gasteiger partial charge is 0.257 e. The first-order chi connectivity index (χ1) is 8.24. The molecule has 1 amide bonds. The van der Waals surface area contributed by atoms with Crippen LogP contribution in [-0.4, -0.2) is 5.91 Å². The van der Waals surface area contributed by atoms with Gasteiger partial charge in [-0.2, -0.15) is 0 Å². The summed E-state index contributed by atoms with van der Waals surface area (Å²) in [7, 11) is 0. The lowest BCUT2D eigenvalue weighted by Crippen LogP contribution is -2.10. The van der Waals surface area contributed by atoms with Crippen molar-refractivity contribution in [2.75, 3.05) is 10.6 Å². The highest BCUT2D eigenvalue weighted by Gasteiger charge is 2.18. The van der Waals surface area contributed by atoms with Gasteiger partial charge in [0.15, 0.2) is 0 Å². The minimum Gasteiger partial charge on any atom is -0.353 e. The number of fused-ring (bicyclic) bond motifs is 2. The van der Waals surface area contributed by atoms with Crippen LogP contribution in [0.15, 0.2) is 42.5 Å². The van der Waals surface area contributed by atoms with Gasteiger partial charge in [-0.15, -0.1) is 0 Å². The number of carbonyl (C=O) groups excluding carboxylic acids is 1. The van der Waals surface area contributed by atoms with Crippen LogP contribution in [0.4, 0.5) is 21.5 Å². The maximum atomic E-state index is 13.2. The van der Waals surface area contributed by atoms with E-state index in [1.807, 2.05) is 18.2 Å². The fourth-order valence-electron chi connectivity index (χ4n) is 1.85. The minimum absolute atomic E-state index is 0.238. The molecule has 0 unspecified atom stereocenters. The number of amides is 1. The molecule has 84 valence electrons. The third kappa shape index (κ3) is 1.63. The van der Waals surface area contributed by atoms with Gasteiger partial charge >= 0.3 is 0 Å². The van der Waals surface area contributed by atoms with E-state index in [9.17, 15) is 9.18 Å². The number of halogens is 1. The minimum atomic E-state index is -0.372. The molecule has 1 aliphatic rings. The third-order valence-corrected chi connectivity index (χ3v) is 2.67. The molecule has 0 aromatic heterocycles. The van der Waals surface area contributed by atoms with Crippen LogP contribution >= 0.6 is 0 Å². The van der Waals surface area contributed by atoms with Crippen molar-refractivity contribution in [3.63, 3.8) is 0 Å². The van der Waals surface area contributed by atoms with Crippen molar-refractivity contribution in [3.8, 4) is 0 Å². The molecule has 0 bridgehead atoms. The van der Waals surface area contributed by atoms with Gasteiger partial charge in [-0.25, -0.2) is 4.39 Å². The Morgan fingerprint density at radius 3 is 2.35 bits per heavy atom. The molecule has 0 spiro atoms. The number of anilines is 3. The maximum absolute atomic E-state index is 13.2. The topological polar surface area (TPSA) is 41.1 Å². The second kappa shape index (κ2) is 3.59. The molecule has 2 aromatic carbocycles. The van der Waals surface area contributed by atoms with Gasteiger partial charge in [0.2, 0.25) is 0 Å². The van der Waals surface area contributed by atoms with E-state index in [-0.39, 0.29) is 11.7 Å². The van der Waals surface area contributed by atoms with Crippen LogP contribution < -0.4 is 10.6 Å². The van der Waals surface area contributed by atoms with Crippen molar-refractivity contribution in [1.29, 1.82) is 0 Å². The van der Waals surface area contributed by atoms with Crippen molar-refractivity contribution in [3.05, 3.63) is 53.8 Å². The SMILES string of the molecule is O=C1Nc2ccccc2Nc2cc(F)ccc21. The van der Waals surface area contributed by atoms with Crippen molar-refractivity contribution in [2.45, 2.75) is 0 Å². The summed E-state index contributed by atoms with van der Waals surface area (Å²) in [6.07, 6.45) is 0. The van der Waals surface area contributed by atoms with Crippen molar-refractivity contribution in [1.82, 2.24) is 0 Å². The van der Waals surface area contributed by atoms with Crippen LogP contribution in [0.5, 0.6) is 0 Å². The molecule has 0 aliphatic carbocycles. The third-order valence-electron chi connectivity index (χ3n) is 2.67. The molecule has 3 rings (SSSR count). The highest BCUT2D eigenvalue weighted by molar-refractivity contribution is 6.12. The Morgan fingerprint density at radius 2 is 1.59 bits per heavy atom. The van der Waals surface area contributed by atoms with Gasteiger partial charge in [0, 0.05) is 0 Å².